The predicted octanol–water partition coefficient (Wildman–Crippen LogP) is -0.202. The zero-order valence-corrected chi connectivity index (χ0v) is 8.68. The molecule has 0 atom stereocenters. The van der Waals surface area contributed by atoms with Gasteiger partial charge in [0.25, 0.3) is 12.4 Å². The maximum Gasteiger partial charge on any atom is 2.00 e. The molecule has 0 saturated heterocycles. The second-order valence-electron chi connectivity index (χ2n) is 0.624. The molecule has 0 bridgehead atoms. The van der Waals surface area contributed by atoms with Gasteiger partial charge in [0.05, 0.1) is 0 Å². The molecule has 0 aliphatic rings. The number of rotatable bonds is 0. The zero-order chi connectivity index (χ0) is 6.28. The molecule has 0 unspecified atom stereocenters. The first-order chi connectivity index (χ1) is 3.15. The van der Waals surface area contributed by atoms with Crippen molar-refractivity contribution in [1.29, 1.82) is 0 Å². The van der Waals surface area contributed by atoms with Gasteiger partial charge in [-0.2, -0.15) is 0 Å². The van der Waals surface area contributed by atoms with Crippen LogP contribution in [0.25, 0.3) is 0 Å². The van der Waals surface area contributed by atoms with Crippen LogP contribution >= 0.6 is 0 Å². The Kier molecular flexibility index (Phi) is 60.2. The SMILES string of the molecule is CC(=O)O.N.O=CO.[H-].[H-].[Sr+2]. The number of hydrogen-bond donors (Lipinski definition) is 3. The van der Waals surface area contributed by atoms with E-state index in [0.717, 1.165) is 6.92 Å². The van der Waals surface area contributed by atoms with Crippen molar-refractivity contribution in [1.82, 2.24) is 6.15 Å². The van der Waals surface area contributed by atoms with Crippen LogP contribution in [0.3, 0.4) is 0 Å². The second kappa shape index (κ2) is 23.8. The summed E-state index contributed by atoms with van der Waals surface area (Å²) in [5, 5.41) is 14.3. The van der Waals surface area contributed by atoms with Gasteiger partial charge < -0.3 is 19.2 Å². The molecule has 0 rings (SSSR count). The number of carboxylic acids is 1. The summed E-state index contributed by atoms with van der Waals surface area (Å²) in [6.07, 6.45) is 0. The van der Waals surface area contributed by atoms with Crippen LogP contribution in [0.2, 0.25) is 0 Å². The molecule has 0 aliphatic carbocycles. The summed E-state index contributed by atoms with van der Waals surface area (Å²) in [6.45, 7) is 0.833. The predicted molar refractivity (Wildman–Crippen MR) is 35.0 cm³/mol. The maximum absolute atomic E-state index is 9.00. The maximum atomic E-state index is 9.00. The Morgan fingerprint density at radius 2 is 1.67 bits per heavy atom. The van der Waals surface area contributed by atoms with E-state index in [4.69, 9.17) is 19.8 Å². The monoisotopic (exact) mass is 213 g/mol. The van der Waals surface area contributed by atoms with E-state index in [9.17, 15) is 0 Å². The summed E-state index contributed by atoms with van der Waals surface area (Å²) < 4.78 is 0. The van der Waals surface area contributed by atoms with Crippen molar-refractivity contribution in [3.05, 3.63) is 0 Å². The standard InChI is InChI=1S/C2H4O2.CH2O2.H3N.Sr.2H/c1-2(3)4;2-1-3;;;;/h1H3,(H,3,4);1H,(H,2,3);1H3;;;/q;;;+2;2*-1. The molecule has 0 fully saturated rings. The van der Waals surface area contributed by atoms with Crippen LogP contribution < -0.4 is 6.15 Å². The largest absolute Gasteiger partial charge is 2.00 e. The third-order valence-electron chi connectivity index (χ3n) is 0. The summed E-state index contributed by atoms with van der Waals surface area (Å²) in [5.74, 6) is -0.833. The van der Waals surface area contributed by atoms with Gasteiger partial charge >= 0.3 is 45.5 Å². The fourth-order valence-corrected chi connectivity index (χ4v) is 0. The van der Waals surface area contributed by atoms with Gasteiger partial charge in [-0.1, -0.05) is 0 Å². The minimum absolute atomic E-state index is 0. The van der Waals surface area contributed by atoms with Gasteiger partial charge in [0.2, 0.25) is 0 Å². The van der Waals surface area contributed by atoms with Crippen molar-refractivity contribution in [2.45, 2.75) is 6.92 Å². The zero-order valence-electron chi connectivity index (χ0n) is 7.20. The van der Waals surface area contributed by atoms with Gasteiger partial charge in [-0.15, -0.1) is 0 Å². The van der Waals surface area contributed by atoms with Gasteiger partial charge in [0, 0.05) is 6.92 Å². The van der Waals surface area contributed by atoms with Crippen molar-refractivity contribution in [3.63, 3.8) is 0 Å². The molecule has 0 saturated carbocycles. The normalized spacial score (nSPS) is 4.11. The number of carbonyl (C=O) groups is 2. The fraction of sp³-hybridized carbons (Fsp3) is 0.333. The van der Waals surface area contributed by atoms with E-state index in [1.165, 1.54) is 0 Å². The molecule has 0 aromatic heterocycles. The quantitative estimate of drug-likeness (QED) is 0.381. The molecule has 9 heavy (non-hydrogen) atoms. The molecule has 0 amide bonds. The van der Waals surface area contributed by atoms with E-state index in [1.807, 2.05) is 0 Å². The van der Waals surface area contributed by atoms with Gasteiger partial charge in [0.1, 0.15) is 0 Å². The molecule has 0 aliphatic heterocycles. The van der Waals surface area contributed by atoms with Gasteiger partial charge in [0.15, 0.2) is 0 Å². The number of carboxylic acid groups (broad SMARTS) is 2. The van der Waals surface area contributed by atoms with E-state index in [0.29, 0.717) is 0 Å². The van der Waals surface area contributed by atoms with E-state index in [2.05, 4.69) is 0 Å². The Hall–Kier alpha value is 0.381. The molecule has 0 spiro atoms. The molecule has 0 heterocycles. The molecule has 0 aromatic rings. The first-order valence-corrected chi connectivity index (χ1v) is 1.42. The minimum Gasteiger partial charge on any atom is -1.00 e. The molecular formula is C3H11NO4Sr. The molecular weight excluding hydrogens is 202 g/mol. The topological polar surface area (TPSA) is 110 Å². The summed E-state index contributed by atoms with van der Waals surface area (Å²) in [6, 6.07) is 0. The smallest absolute Gasteiger partial charge is 1.00 e. The van der Waals surface area contributed by atoms with Crippen LogP contribution in [0, 0.1) is 0 Å². The summed E-state index contributed by atoms with van der Waals surface area (Å²) >= 11 is 0. The van der Waals surface area contributed by atoms with E-state index in [1.54, 1.807) is 0 Å². The van der Waals surface area contributed by atoms with Crippen molar-refractivity contribution >= 4 is 57.9 Å². The average Bonchev–Trinajstić information content (AvgIpc) is 1.33. The first kappa shape index (κ1) is 22.8. The Morgan fingerprint density at radius 3 is 1.67 bits per heavy atom. The summed E-state index contributed by atoms with van der Waals surface area (Å²) in [5.41, 5.74) is 0. The Labute approximate surface area is 92.9 Å². The van der Waals surface area contributed by atoms with Gasteiger partial charge in [-0.05, 0) is 0 Å². The van der Waals surface area contributed by atoms with Crippen molar-refractivity contribution in [2.24, 2.45) is 0 Å². The Bertz CT molecular complexity index is 70.4. The summed E-state index contributed by atoms with van der Waals surface area (Å²) in [7, 11) is 0. The van der Waals surface area contributed by atoms with Crippen molar-refractivity contribution in [2.75, 3.05) is 0 Å². The van der Waals surface area contributed by atoms with Gasteiger partial charge in [-0.25, -0.2) is 0 Å². The number of aliphatic carboxylic acids is 1. The molecule has 0 radical (unpaired) electrons. The molecule has 6 heteroatoms. The average molecular weight is 213 g/mol. The summed E-state index contributed by atoms with van der Waals surface area (Å²) in [4.78, 5) is 17.4. The van der Waals surface area contributed by atoms with Gasteiger partial charge in [-0.3, -0.25) is 9.59 Å². The van der Waals surface area contributed by atoms with E-state index in [-0.39, 0.29) is 61.0 Å². The van der Waals surface area contributed by atoms with Crippen molar-refractivity contribution < 1.29 is 22.7 Å². The van der Waals surface area contributed by atoms with Crippen molar-refractivity contribution in [3.8, 4) is 0 Å². The van der Waals surface area contributed by atoms with Crippen LogP contribution in [-0.4, -0.2) is 68.1 Å². The van der Waals surface area contributed by atoms with Crippen LogP contribution in [0.4, 0.5) is 0 Å². The fourth-order valence-electron chi connectivity index (χ4n) is 0. The molecule has 5 nitrogen and oxygen atoms in total. The van der Waals surface area contributed by atoms with Crippen LogP contribution in [0.1, 0.15) is 9.78 Å². The van der Waals surface area contributed by atoms with Crippen LogP contribution in [0.15, 0.2) is 0 Å². The first-order valence-electron chi connectivity index (χ1n) is 1.42. The van der Waals surface area contributed by atoms with E-state index >= 15 is 0 Å². The Balaban J connectivity index is -0.00000000848. The third-order valence-corrected chi connectivity index (χ3v) is 0. The van der Waals surface area contributed by atoms with E-state index < -0.39 is 5.97 Å². The Morgan fingerprint density at radius 1 is 1.67 bits per heavy atom. The number of hydrogen-bond acceptors (Lipinski definition) is 3. The molecule has 54 valence electrons. The second-order valence-corrected chi connectivity index (χ2v) is 0.624. The third kappa shape index (κ3) is 2360. The van der Waals surface area contributed by atoms with Crippen LogP contribution in [0.5, 0.6) is 0 Å². The molecule has 0 aromatic carbocycles. The molecule has 5 N–H and O–H groups in total. The minimum atomic E-state index is -0.833. The van der Waals surface area contributed by atoms with Crippen LogP contribution in [-0.2, 0) is 9.59 Å².